The fourth-order valence-corrected chi connectivity index (χ4v) is 10.8. The van der Waals surface area contributed by atoms with E-state index in [4.69, 9.17) is 4.42 Å². The molecule has 1 heterocycles. The number of hydrogen-bond donors (Lipinski definition) is 0. The van der Waals surface area contributed by atoms with E-state index in [-0.39, 0.29) is 0 Å². The van der Waals surface area contributed by atoms with E-state index in [0.717, 1.165) is 50.1 Å². The van der Waals surface area contributed by atoms with Gasteiger partial charge in [-0.25, -0.2) is 0 Å². The summed E-state index contributed by atoms with van der Waals surface area (Å²) in [6.07, 6.45) is 6.45. The molecule has 2 heteroatoms. The zero-order valence-electron chi connectivity index (χ0n) is 35.5. The summed E-state index contributed by atoms with van der Waals surface area (Å²) in [6.45, 7) is 2.26. The van der Waals surface area contributed by atoms with Crippen molar-refractivity contribution in [1.29, 1.82) is 0 Å². The summed E-state index contributed by atoms with van der Waals surface area (Å²) >= 11 is 0. The third-order valence-electron chi connectivity index (χ3n) is 13.7. The molecule has 0 N–H and O–H groups in total. The zero-order chi connectivity index (χ0) is 41.9. The molecule has 0 atom stereocenters. The maximum absolute atomic E-state index is 6.25. The third-order valence-corrected chi connectivity index (χ3v) is 13.7. The molecule has 1 fully saturated rings. The van der Waals surface area contributed by atoms with Crippen molar-refractivity contribution in [2.45, 2.75) is 44.9 Å². The van der Waals surface area contributed by atoms with Gasteiger partial charge < -0.3 is 9.32 Å². The van der Waals surface area contributed by atoms with E-state index < -0.39 is 0 Å². The molecule has 1 aliphatic carbocycles. The highest BCUT2D eigenvalue weighted by Crippen LogP contribution is 2.47. The Bertz CT molecular complexity index is 3530. The SMILES string of the molecule is Cc1cc2ccccc2c2cccc(-c3cccc(N(c4cccc(-c5ccc6oc7ccccc7c6c5)c4)c4ccccc4-c4cccc5cccc(C6CCCCC6)c45)c3)c12. The Kier molecular flexibility index (Phi) is 9.18. The van der Waals surface area contributed by atoms with Crippen LogP contribution in [0.4, 0.5) is 17.1 Å². The van der Waals surface area contributed by atoms with Crippen LogP contribution < -0.4 is 4.90 Å². The molecule has 0 amide bonds. The Morgan fingerprint density at radius 2 is 1.03 bits per heavy atom. The molecular formula is C61H47NO. The summed E-state index contributed by atoms with van der Waals surface area (Å²) < 4.78 is 6.25. The van der Waals surface area contributed by atoms with Gasteiger partial charge in [0.05, 0.1) is 5.69 Å². The lowest BCUT2D eigenvalue weighted by Crippen LogP contribution is -2.12. The van der Waals surface area contributed by atoms with Crippen LogP contribution in [-0.4, -0.2) is 0 Å². The van der Waals surface area contributed by atoms with Crippen LogP contribution >= 0.6 is 0 Å². The van der Waals surface area contributed by atoms with Crippen LogP contribution in [0.25, 0.3) is 87.6 Å². The lowest BCUT2D eigenvalue weighted by molar-refractivity contribution is 0.445. The normalized spacial score (nSPS) is 13.4. The predicted octanol–water partition coefficient (Wildman–Crippen LogP) is 17.9. The molecule has 0 aliphatic heterocycles. The van der Waals surface area contributed by atoms with Gasteiger partial charge in [-0.1, -0.05) is 171 Å². The average Bonchev–Trinajstić information content (AvgIpc) is 3.72. The molecule has 0 radical (unpaired) electrons. The zero-order valence-corrected chi connectivity index (χ0v) is 35.5. The Morgan fingerprint density at radius 3 is 1.90 bits per heavy atom. The summed E-state index contributed by atoms with van der Waals surface area (Å²) in [7, 11) is 0. The Labute approximate surface area is 368 Å². The minimum absolute atomic E-state index is 0.575. The van der Waals surface area contributed by atoms with Crippen LogP contribution in [-0.2, 0) is 0 Å². The van der Waals surface area contributed by atoms with Crippen molar-refractivity contribution < 1.29 is 4.42 Å². The highest BCUT2D eigenvalue weighted by Gasteiger charge is 2.24. The van der Waals surface area contributed by atoms with E-state index in [9.17, 15) is 0 Å². The molecule has 302 valence electrons. The van der Waals surface area contributed by atoms with Gasteiger partial charge in [-0.05, 0) is 145 Å². The minimum atomic E-state index is 0.575. The summed E-state index contributed by atoms with van der Waals surface area (Å²) in [6, 6.07) is 74.0. The first-order valence-corrected chi connectivity index (χ1v) is 22.6. The van der Waals surface area contributed by atoms with Gasteiger partial charge in [0.15, 0.2) is 0 Å². The Balaban J connectivity index is 1.07. The molecular weight excluding hydrogens is 763 g/mol. The average molecular weight is 810 g/mol. The number of benzene rings is 10. The maximum Gasteiger partial charge on any atom is 0.135 e. The van der Waals surface area contributed by atoms with Crippen LogP contribution in [0.5, 0.6) is 0 Å². The first kappa shape index (κ1) is 37.4. The number of hydrogen-bond acceptors (Lipinski definition) is 2. The summed E-state index contributed by atoms with van der Waals surface area (Å²) in [5, 5.41) is 10.1. The van der Waals surface area contributed by atoms with Gasteiger partial charge in [0, 0.05) is 27.7 Å². The van der Waals surface area contributed by atoms with E-state index in [1.54, 1.807) is 0 Å². The number of fused-ring (bicyclic) bond motifs is 7. The Hall–Kier alpha value is -7.42. The molecule has 0 unspecified atom stereocenters. The van der Waals surface area contributed by atoms with Gasteiger partial charge in [-0.3, -0.25) is 0 Å². The van der Waals surface area contributed by atoms with E-state index in [0.29, 0.717) is 5.92 Å². The molecule has 11 aromatic rings. The minimum Gasteiger partial charge on any atom is -0.456 e. The van der Waals surface area contributed by atoms with Gasteiger partial charge in [-0.2, -0.15) is 0 Å². The number of nitrogens with zero attached hydrogens (tertiary/aromatic N) is 1. The van der Waals surface area contributed by atoms with E-state index in [1.807, 2.05) is 6.07 Å². The molecule has 10 aromatic carbocycles. The molecule has 1 saturated carbocycles. The van der Waals surface area contributed by atoms with Crippen LogP contribution in [0.2, 0.25) is 0 Å². The van der Waals surface area contributed by atoms with Crippen molar-refractivity contribution in [1.82, 2.24) is 0 Å². The molecule has 0 bridgehead atoms. The van der Waals surface area contributed by atoms with Crippen molar-refractivity contribution in [3.63, 3.8) is 0 Å². The molecule has 1 aliphatic rings. The highest BCUT2D eigenvalue weighted by atomic mass is 16.3. The molecule has 0 spiro atoms. The topological polar surface area (TPSA) is 16.4 Å². The summed E-state index contributed by atoms with van der Waals surface area (Å²) in [5.74, 6) is 0.575. The summed E-state index contributed by atoms with van der Waals surface area (Å²) in [4.78, 5) is 2.49. The maximum atomic E-state index is 6.25. The number of aryl methyl sites for hydroxylation is 1. The van der Waals surface area contributed by atoms with Crippen LogP contribution in [0, 0.1) is 6.92 Å². The fraction of sp³-hybridized carbons (Fsp3) is 0.115. The summed E-state index contributed by atoms with van der Waals surface area (Å²) in [5.41, 5.74) is 15.2. The predicted molar refractivity (Wildman–Crippen MR) is 268 cm³/mol. The van der Waals surface area contributed by atoms with Gasteiger partial charge in [0.2, 0.25) is 0 Å². The molecule has 1 aromatic heterocycles. The van der Waals surface area contributed by atoms with Crippen molar-refractivity contribution in [3.05, 3.63) is 211 Å². The monoisotopic (exact) mass is 809 g/mol. The molecule has 0 saturated heterocycles. The lowest BCUT2D eigenvalue weighted by atomic mass is 9.80. The smallest absolute Gasteiger partial charge is 0.135 e. The first-order chi connectivity index (χ1) is 31.2. The van der Waals surface area contributed by atoms with Crippen molar-refractivity contribution in [2.24, 2.45) is 0 Å². The number of anilines is 3. The second-order valence-corrected chi connectivity index (χ2v) is 17.5. The fourth-order valence-electron chi connectivity index (χ4n) is 10.8. The first-order valence-electron chi connectivity index (χ1n) is 22.6. The Morgan fingerprint density at radius 1 is 0.413 bits per heavy atom. The van der Waals surface area contributed by atoms with Crippen LogP contribution in [0.1, 0.15) is 49.1 Å². The number of rotatable bonds is 7. The van der Waals surface area contributed by atoms with Gasteiger partial charge in [0.25, 0.3) is 0 Å². The van der Waals surface area contributed by atoms with Crippen molar-refractivity contribution in [3.8, 4) is 33.4 Å². The molecule has 63 heavy (non-hydrogen) atoms. The van der Waals surface area contributed by atoms with Gasteiger partial charge in [0.1, 0.15) is 11.2 Å². The van der Waals surface area contributed by atoms with Gasteiger partial charge in [-0.15, -0.1) is 0 Å². The molecule has 2 nitrogen and oxygen atoms in total. The van der Waals surface area contributed by atoms with Crippen LogP contribution in [0.3, 0.4) is 0 Å². The van der Waals surface area contributed by atoms with E-state index >= 15 is 0 Å². The largest absolute Gasteiger partial charge is 0.456 e. The standard InChI is InChI=1S/C61H47NO/c1-40-36-45-18-5-6-25-49(45)54-31-15-29-51(60(40)54)46-22-12-24-48(38-46)62(47-23-11-21-43(37-47)44-34-35-59-56(39-44)53-27-8-10-33-58(53)63-59)57-32-9-7-26-52(57)55-30-14-20-42-19-13-28-50(61(42)55)41-16-3-2-4-17-41/h5-15,18-39,41H,2-4,16-17H2,1H3. The lowest BCUT2D eigenvalue weighted by Gasteiger charge is -2.30. The number of para-hydroxylation sites is 2. The molecule has 12 rings (SSSR count). The van der Waals surface area contributed by atoms with Gasteiger partial charge >= 0.3 is 0 Å². The van der Waals surface area contributed by atoms with Crippen molar-refractivity contribution >= 4 is 71.3 Å². The van der Waals surface area contributed by atoms with Crippen LogP contribution in [0.15, 0.2) is 205 Å². The van der Waals surface area contributed by atoms with E-state index in [1.165, 1.54) is 97.8 Å². The second kappa shape index (κ2) is 15.5. The number of furan rings is 1. The van der Waals surface area contributed by atoms with Crippen molar-refractivity contribution in [2.75, 3.05) is 4.90 Å². The third kappa shape index (κ3) is 6.48. The quantitative estimate of drug-likeness (QED) is 0.149. The second-order valence-electron chi connectivity index (χ2n) is 17.5. The van der Waals surface area contributed by atoms with E-state index in [2.05, 4.69) is 206 Å². The highest BCUT2D eigenvalue weighted by molar-refractivity contribution is 6.14.